The zero-order valence-corrected chi connectivity index (χ0v) is 15.7. The number of rotatable bonds is 3. The summed E-state index contributed by atoms with van der Waals surface area (Å²) in [5.74, 6) is 0.366. The van der Waals surface area contributed by atoms with E-state index in [9.17, 15) is 4.39 Å². The van der Waals surface area contributed by atoms with Crippen molar-refractivity contribution in [2.75, 3.05) is 24.6 Å². The highest BCUT2D eigenvalue weighted by atomic mass is 32.1. The van der Waals surface area contributed by atoms with Gasteiger partial charge in [-0.3, -0.25) is 4.98 Å². The molecule has 0 radical (unpaired) electrons. The van der Waals surface area contributed by atoms with Crippen molar-refractivity contribution in [1.82, 2.24) is 9.97 Å². The second-order valence-electron chi connectivity index (χ2n) is 7.23. The third kappa shape index (κ3) is 2.84. The van der Waals surface area contributed by atoms with Gasteiger partial charge >= 0.3 is 0 Å². The molecule has 1 aliphatic rings. The van der Waals surface area contributed by atoms with Crippen LogP contribution in [0.4, 0.5) is 9.52 Å². The molecule has 0 bridgehead atoms. The molecule has 2 aromatic carbocycles. The molecule has 1 aliphatic heterocycles. The number of pyridine rings is 1. The standard InChI is InChI=1S/C21H20FN3OS/c22-14-1-2-15-17(11-14)18-12-23-7-3-16(18)20-19(15)24-21(27-20)25-8-4-13(5-9-25)6-10-26/h1-3,7,11-13,26H,4-6,8-10H2. The first kappa shape index (κ1) is 16.8. The van der Waals surface area contributed by atoms with Crippen LogP contribution in [0.15, 0.2) is 36.7 Å². The van der Waals surface area contributed by atoms with Gasteiger partial charge in [0.25, 0.3) is 0 Å². The van der Waals surface area contributed by atoms with Gasteiger partial charge in [-0.1, -0.05) is 11.3 Å². The van der Waals surface area contributed by atoms with Crippen molar-refractivity contribution in [2.45, 2.75) is 19.3 Å². The smallest absolute Gasteiger partial charge is 0.186 e. The quantitative estimate of drug-likeness (QED) is 0.521. The predicted molar refractivity (Wildman–Crippen MR) is 109 cm³/mol. The van der Waals surface area contributed by atoms with Crippen molar-refractivity contribution in [3.63, 3.8) is 0 Å². The Hall–Kier alpha value is -2.31. The van der Waals surface area contributed by atoms with Crippen LogP contribution in [0, 0.1) is 11.7 Å². The predicted octanol–water partition coefficient (Wildman–Crippen LogP) is 4.74. The molecule has 0 spiro atoms. The average molecular weight is 381 g/mol. The van der Waals surface area contributed by atoms with E-state index in [2.05, 4.69) is 9.88 Å². The summed E-state index contributed by atoms with van der Waals surface area (Å²) < 4.78 is 15.0. The lowest BCUT2D eigenvalue weighted by molar-refractivity contribution is 0.240. The molecule has 4 nitrogen and oxygen atoms in total. The van der Waals surface area contributed by atoms with E-state index in [1.807, 2.05) is 18.3 Å². The molecule has 5 rings (SSSR count). The molecular formula is C21H20FN3OS. The Balaban J connectivity index is 1.65. The molecule has 0 amide bonds. The molecule has 3 heterocycles. The van der Waals surface area contributed by atoms with E-state index in [-0.39, 0.29) is 12.4 Å². The van der Waals surface area contributed by atoms with Gasteiger partial charge < -0.3 is 10.0 Å². The second-order valence-corrected chi connectivity index (χ2v) is 8.21. The number of fused-ring (bicyclic) bond motifs is 6. The number of anilines is 1. The van der Waals surface area contributed by atoms with Gasteiger partial charge in [0, 0.05) is 48.2 Å². The summed E-state index contributed by atoms with van der Waals surface area (Å²) in [6.07, 6.45) is 6.67. The van der Waals surface area contributed by atoms with Crippen molar-refractivity contribution in [3.8, 4) is 0 Å². The monoisotopic (exact) mass is 381 g/mol. The van der Waals surface area contributed by atoms with Crippen LogP contribution in [0.5, 0.6) is 0 Å². The summed E-state index contributed by atoms with van der Waals surface area (Å²) in [5, 5.41) is 14.1. The van der Waals surface area contributed by atoms with Gasteiger partial charge in [-0.15, -0.1) is 0 Å². The zero-order valence-electron chi connectivity index (χ0n) is 14.9. The number of aliphatic hydroxyl groups is 1. The van der Waals surface area contributed by atoms with E-state index in [0.29, 0.717) is 5.92 Å². The number of nitrogens with zero attached hydrogens (tertiary/aromatic N) is 3. The second kappa shape index (κ2) is 6.69. The Morgan fingerprint density at radius 1 is 1.11 bits per heavy atom. The Morgan fingerprint density at radius 2 is 1.96 bits per heavy atom. The van der Waals surface area contributed by atoms with Crippen LogP contribution in [0.1, 0.15) is 19.3 Å². The summed E-state index contributed by atoms with van der Waals surface area (Å²) in [5.41, 5.74) is 0.946. The number of aliphatic hydroxyl groups excluding tert-OH is 1. The van der Waals surface area contributed by atoms with Crippen molar-refractivity contribution in [2.24, 2.45) is 5.92 Å². The molecule has 1 fully saturated rings. The molecule has 0 aliphatic carbocycles. The van der Waals surface area contributed by atoms with Gasteiger partial charge in [0.1, 0.15) is 5.82 Å². The van der Waals surface area contributed by atoms with Crippen LogP contribution >= 0.6 is 11.3 Å². The average Bonchev–Trinajstić information content (AvgIpc) is 3.14. The topological polar surface area (TPSA) is 49.2 Å². The fraction of sp³-hybridized carbons (Fsp3) is 0.333. The lowest BCUT2D eigenvalue weighted by Gasteiger charge is -2.31. The fourth-order valence-corrected chi connectivity index (χ4v) is 5.33. The zero-order chi connectivity index (χ0) is 18.4. The van der Waals surface area contributed by atoms with Crippen molar-refractivity contribution in [3.05, 3.63) is 42.5 Å². The largest absolute Gasteiger partial charge is 0.396 e. The number of hydrogen-bond acceptors (Lipinski definition) is 5. The lowest BCUT2D eigenvalue weighted by Crippen LogP contribution is -2.33. The molecule has 1 saturated heterocycles. The highest BCUT2D eigenvalue weighted by molar-refractivity contribution is 7.23. The van der Waals surface area contributed by atoms with Gasteiger partial charge in [-0.25, -0.2) is 9.37 Å². The van der Waals surface area contributed by atoms with Crippen molar-refractivity contribution in [1.29, 1.82) is 0 Å². The van der Waals surface area contributed by atoms with E-state index in [1.165, 1.54) is 6.07 Å². The fourth-order valence-electron chi connectivity index (χ4n) is 4.16. The molecule has 0 unspecified atom stereocenters. The van der Waals surface area contributed by atoms with Crippen molar-refractivity contribution >= 4 is 48.2 Å². The van der Waals surface area contributed by atoms with Gasteiger partial charge in [0.15, 0.2) is 5.13 Å². The van der Waals surface area contributed by atoms with E-state index >= 15 is 0 Å². The van der Waals surface area contributed by atoms with Gasteiger partial charge in [0.2, 0.25) is 0 Å². The maximum atomic E-state index is 13.9. The minimum Gasteiger partial charge on any atom is -0.396 e. The van der Waals surface area contributed by atoms with E-state index in [4.69, 9.17) is 10.1 Å². The summed E-state index contributed by atoms with van der Waals surface area (Å²) in [7, 11) is 0. The molecule has 1 N–H and O–H groups in total. The van der Waals surface area contributed by atoms with E-state index < -0.39 is 0 Å². The number of halogens is 1. The molecule has 2 aromatic heterocycles. The highest BCUT2D eigenvalue weighted by Crippen LogP contribution is 2.41. The van der Waals surface area contributed by atoms with E-state index in [1.54, 1.807) is 23.6 Å². The van der Waals surface area contributed by atoms with Crippen molar-refractivity contribution < 1.29 is 9.50 Å². The maximum Gasteiger partial charge on any atom is 0.186 e. The first-order valence-electron chi connectivity index (χ1n) is 9.36. The number of piperidine rings is 1. The van der Waals surface area contributed by atoms with Crippen LogP contribution in [0.25, 0.3) is 31.8 Å². The minimum atomic E-state index is -0.242. The SMILES string of the molecule is OCCC1CCN(c2nc3c4ccc(F)cc4c4cnccc4c3s2)CC1. The number of hydrogen-bond donors (Lipinski definition) is 1. The van der Waals surface area contributed by atoms with Crippen LogP contribution in [-0.2, 0) is 0 Å². The van der Waals surface area contributed by atoms with Crippen LogP contribution in [-0.4, -0.2) is 34.8 Å². The van der Waals surface area contributed by atoms with Gasteiger partial charge in [-0.05, 0) is 54.8 Å². The third-order valence-corrected chi connectivity index (χ3v) is 6.78. The number of benzene rings is 2. The van der Waals surface area contributed by atoms with E-state index in [0.717, 1.165) is 69.2 Å². The van der Waals surface area contributed by atoms with Crippen LogP contribution in [0.2, 0.25) is 0 Å². The molecule has 27 heavy (non-hydrogen) atoms. The number of aromatic nitrogens is 2. The first-order valence-corrected chi connectivity index (χ1v) is 10.2. The van der Waals surface area contributed by atoms with Crippen LogP contribution < -0.4 is 4.90 Å². The summed E-state index contributed by atoms with van der Waals surface area (Å²) >= 11 is 1.71. The third-order valence-electron chi connectivity index (χ3n) is 5.63. The molecule has 0 atom stereocenters. The highest BCUT2D eigenvalue weighted by Gasteiger charge is 2.22. The molecule has 0 saturated carbocycles. The Labute approximate surface area is 160 Å². The Morgan fingerprint density at radius 3 is 2.78 bits per heavy atom. The lowest BCUT2D eigenvalue weighted by atomic mass is 9.94. The molecule has 138 valence electrons. The molecular weight excluding hydrogens is 361 g/mol. The maximum absolute atomic E-state index is 13.9. The number of thiazole rings is 1. The molecule has 4 aromatic rings. The minimum absolute atomic E-state index is 0.242. The summed E-state index contributed by atoms with van der Waals surface area (Å²) in [4.78, 5) is 11.6. The normalized spacial score (nSPS) is 16.0. The Bertz CT molecular complexity index is 1130. The van der Waals surface area contributed by atoms with Crippen LogP contribution in [0.3, 0.4) is 0 Å². The summed E-state index contributed by atoms with van der Waals surface area (Å²) in [6, 6.07) is 6.91. The molecule has 6 heteroatoms. The van der Waals surface area contributed by atoms with Gasteiger partial charge in [-0.2, -0.15) is 0 Å². The first-order chi connectivity index (χ1) is 13.2. The Kier molecular flexibility index (Phi) is 4.17. The summed E-state index contributed by atoms with van der Waals surface area (Å²) in [6.45, 7) is 2.21. The van der Waals surface area contributed by atoms with Gasteiger partial charge in [0.05, 0.1) is 10.2 Å².